The number of methoxy groups -OCH3 is 1. The molecule has 2 heterocycles. The first kappa shape index (κ1) is 14.0. The number of ether oxygens (including phenoxy) is 1. The third kappa shape index (κ3) is 2.61. The molecule has 2 fully saturated rings. The number of rotatable bonds is 3. The van der Waals surface area contributed by atoms with Gasteiger partial charge >= 0.3 is 0 Å². The van der Waals surface area contributed by atoms with Crippen LogP contribution in [-0.4, -0.2) is 30.3 Å². The summed E-state index contributed by atoms with van der Waals surface area (Å²) < 4.78 is 11.3. The lowest BCUT2D eigenvalue weighted by Gasteiger charge is -2.35. The van der Waals surface area contributed by atoms with Crippen molar-refractivity contribution in [2.24, 2.45) is 5.92 Å². The molecule has 0 unspecified atom stereocenters. The molecule has 0 bridgehead atoms. The van der Waals surface area contributed by atoms with Gasteiger partial charge in [0.2, 0.25) is 11.7 Å². The first-order valence-electron chi connectivity index (χ1n) is 7.83. The summed E-state index contributed by atoms with van der Waals surface area (Å²) >= 11 is 0. The Bertz CT molecular complexity index is 432. The molecule has 112 valence electrons. The van der Waals surface area contributed by atoms with E-state index in [2.05, 4.69) is 22.4 Å². The maximum Gasteiger partial charge on any atom is 0.231 e. The normalized spacial score (nSPS) is 35.1. The summed E-state index contributed by atoms with van der Waals surface area (Å²) in [6.07, 6.45) is 6.63. The fourth-order valence-corrected chi connectivity index (χ4v) is 3.40. The van der Waals surface area contributed by atoms with Crippen molar-refractivity contribution in [1.82, 2.24) is 15.5 Å². The molecule has 1 saturated carbocycles. The number of piperidine rings is 1. The van der Waals surface area contributed by atoms with E-state index in [9.17, 15) is 0 Å². The van der Waals surface area contributed by atoms with Crippen molar-refractivity contribution in [2.75, 3.05) is 20.2 Å². The lowest BCUT2D eigenvalue weighted by atomic mass is 9.79. The van der Waals surface area contributed by atoms with Gasteiger partial charge in [0, 0.05) is 13.7 Å². The summed E-state index contributed by atoms with van der Waals surface area (Å²) in [5, 5.41) is 7.64. The van der Waals surface area contributed by atoms with Crippen molar-refractivity contribution >= 4 is 0 Å². The zero-order valence-corrected chi connectivity index (χ0v) is 12.5. The van der Waals surface area contributed by atoms with Gasteiger partial charge in [0.1, 0.15) is 5.60 Å². The van der Waals surface area contributed by atoms with Gasteiger partial charge in [-0.05, 0) is 51.0 Å². The van der Waals surface area contributed by atoms with E-state index in [4.69, 9.17) is 9.26 Å². The Kier molecular flexibility index (Phi) is 4.08. The van der Waals surface area contributed by atoms with E-state index in [1.165, 1.54) is 19.3 Å². The zero-order valence-electron chi connectivity index (χ0n) is 12.5. The predicted octanol–water partition coefficient (Wildman–Crippen LogP) is 2.59. The highest BCUT2D eigenvalue weighted by molar-refractivity contribution is 5.06. The summed E-state index contributed by atoms with van der Waals surface area (Å²) in [4.78, 5) is 4.68. The SMILES string of the molecule is COC1(c2noc([C@H]3CCCNC3)n2)CCC(C)CC1. The van der Waals surface area contributed by atoms with Crippen LogP contribution in [0.5, 0.6) is 0 Å². The van der Waals surface area contributed by atoms with Gasteiger partial charge in [0.25, 0.3) is 0 Å². The van der Waals surface area contributed by atoms with Crippen molar-refractivity contribution in [3.05, 3.63) is 11.7 Å². The Balaban J connectivity index is 1.77. The molecule has 5 nitrogen and oxygen atoms in total. The zero-order chi connectivity index (χ0) is 14.0. The van der Waals surface area contributed by atoms with Crippen LogP contribution in [0.15, 0.2) is 4.52 Å². The van der Waals surface area contributed by atoms with Gasteiger partial charge in [-0.3, -0.25) is 0 Å². The van der Waals surface area contributed by atoms with E-state index in [1.54, 1.807) is 7.11 Å². The number of nitrogens with one attached hydrogen (secondary N) is 1. The third-order valence-corrected chi connectivity index (χ3v) is 4.97. The van der Waals surface area contributed by atoms with E-state index < -0.39 is 0 Å². The molecule has 2 aliphatic rings. The van der Waals surface area contributed by atoms with Crippen LogP contribution >= 0.6 is 0 Å². The molecule has 1 aliphatic carbocycles. The molecule has 20 heavy (non-hydrogen) atoms. The molecule has 1 atom stereocenters. The first-order chi connectivity index (χ1) is 9.73. The van der Waals surface area contributed by atoms with Gasteiger partial charge in [-0.2, -0.15) is 4.98 Å². The van der Waals surface area contributed by atoms with Gasteiger partial charge < -0.3 is 14.6 Å². The Morgan fingerprint density at radius 2 is 2.10 bits per heavy atom. The quantitative estimate of drug-likeness (QED) is 0.921. The van der Waals surface area contributed by atoms with E-state index >= 15 is 0 Å². The molecule has 0 amide bonds. The van der Waals surface area contributed by atoms with Crippen molar-refractivity contribution in [3.63, 3.8) is 0 Å². The second-order valence-electron chi connectivity index (χ2n) is 6.38. The van der Waals surface area contributed by atoms with Crippen LogP contribution in [-0.2, 0) is 10.3 Å². The van der Waals surface area contributed by atoms with Crippen LogP contribution in [0.3, 0.4) is 0 Å². The fourth-order valence-electron chi connectivity index (χ4n) is 3.40. The van der Waals surface area contributed by atoms with Crippen LogP contribution in [0, 0.1) is 5.92 Å². The van der Waals surface area contributed by atoms with Gasteiger partial charge in [-0.15, -0.1) is 0 Å². The smallest absolute Gasteiger partial charge is 0.231 e. The van der Waals surface area contributed by atoms with E-state index in [0.29, 0.717) is 5.92 Å². The molecular weight excluding hydrogens is 254 g/mol. The van der Waals surface area contributed by atoms with Crippen LogP contribution < -0.4 is 5.32 Å². The lowest BCUT2D eigenvalue weighted by molar-refractivity contribution is -0.0609. The monoisotopic (exact) mass is 279 g/mol. The van der Waals surface area contributed by atoms with Crippen molar-refractivity contribution in [2.45, 2.75) is 57.0 Å². The lowest BCUT2D eigenvalue weighted by Crippen LogP contribution is -2.34. The third-order valence-electron chi connectivity index (χ3n) is 4.97. The number of aromatic nitrogens is 2. The molecule has 1 aromatic heterocycles. The largest absolute Gasteiger partial charge is 0.370 e. The minimum Gasteiger partial charge on any atom is -0.370 e. The molecule has 1 aliphatic heterocycles. The van der Waals surface area contributed by atoms with Crippen LogP contribution in [0.1, 0.15) is 63.1 Å². The van der Waals surface area contributed by atoms with Gasteiger partial charge in [-0.1, -0.05) is 12.1 Å². The highest BCUT2D eigenvalue weighted by Gasteiger charge is 2.40. The predicted molar refractivity (Wildman–Crippen MR) is 75.5 cm³/mol. The second-order valence-corrected chi connectivity index (χ2v) is 6.38. The molecule has 5 heteroatoms. The summed E-state index contributed by atoms with van der Waals surface area (Å²) in [6.45, 7) is 4.34. The molecule has 1 N–H and O–H groups in total. The second kappa shape index (κ2) is 5.82. The summed E-state index contributed by atoms with van der Waals surface area (Å²) in [7, 11) is 1.77. The average molecular weight is 279 g/mol. The Morgan fingerprint density at radius 1 is 1.30 bits per heavy atom. The van der Waals surface area contributed by atoms with Crippen LogP contribution in [0.2, 0.25) is 0 Å². The highest BCUT2D eigenvalue weighted by atomic mass is 16.5. The highest BCUT2D eigenvalue weighted by Crippen LogP contribution is 2.41. The summed E-state index contributed by atoms with van der Waals surface area (Å²) in [6, 6.07) is 0. The molecule has 0 aromatic carbocycles. The standard InChI is InChI=1S/C15H25N3O2/c1-11-5-7-15(19-2,8-6-11)14-17-13(20-18-14)12-4-3-9-16-10-12/h11-12,16H,3-10H2,1-2H3/t11?,12-,15?/m0/s1. The topological polar surface area (TPSA) is 60.2 Å². The fraction of sp³-hybridized carbons (Fsp3) is 0.867. The van der Waals surface area contributed by atoms with Gasteiger partial charge in [0.05, 0.1) is 5.92 Å². The molecule has 1 saturated heterocycles. The maximum atomic E-state index is 5.81. The molecular formula is C15H25N3O2. The van der Waals surface area contributed by atoms with Crippen molar-refractivity contribution in [3.8, 4) is 0 Å². The maximum absolute atomic E-state index is 5.81. The minimum atomic E-state index is -0.323. The first-order valence-corrected chi connectivity index (χ1v) is 7.83. The molecule has 0 spiro atoms. The summed E-state index contributed by atoms with van der Waals surface area (Å²) in [5.41, 5.74) is -0.323. The number of hydrogen-bond acceptors (Lipinski definition) is 5. The Morgan fingerprint density at radius 3 is 2.75 bits per heavy atom. The van der Waals surface area contributed by atoms with E-state index in [-0.39, 0.29) is 5.60 Å². The molecule has 3 rings (SSSR count). The minimum absolute atomic E-state index is 0.323. The number of hydrogen-bond donors (Lipinski definition) is 1. The van der Waals surface area contributed by atoms with Crippen molar-refractivity contribution < 1.29 is 9.26 Å². The van der Waals surface area contributed by atoms with Crippen LogP contribution in [0.4, 0.5) is 0 Å². The Labute approximate surface area is 120 Å². The Hall–Kier alpha value is -0.940. The van der Waals surface area contributed by atoms with E-state index in [1.807, 2.05) is 0 Å². The summed E-state index contributed by atoms with van der Waals surface area (Å²) in [5.74, 6) is 2.67. The van der Waals surface area contributed by atoms with E-state index in [0.717, 1.165) is 50.0 Å². The number of nitrogens with zero attached hydrogens (tertiary/aromatic N) is 2. The molecule has 0 radical (unpaired) electrons. The average Bonchev–Trinajstić information content (AvgIpc) is 3.00. The van der Waals surface area contributed by atoms with Gasteiger partial charge in [0.15, 0.2) is 0 Å². The van der Waals surface area contributed by atoms with Crippen LogP contribution in [0.25, 0.3) is 0 Å². The van der Waals surface area contributed by atoms with Crippen molar-refractivity contribution in [1.29, 1.82) is 0 Å². The van der Waals surface area contributed by atoms with Gasteiger partial charge in [-0.25, -0.2) is 0 Å². The molecule has 1 aromatic rings.